The Bertz CT molecular complexity index is 527. The molecule has 1 aliphatic heterocycles. The Kier molecular flexibility index (Phi) is 3.66. The molecule has 4 nitrogen and oxygen atoms in total. The summed E-state index contributed by atoms with van der Waals surface area (Å²) in [4.78, 5) is 13.7. The first-order valence-corrected chi connectivity index (χ1v) is 7.52. The molecule has 1 fully saturated rings. The molecule has 0 unspecified atom stereocenters. The van der Waals surface area contributed by atoms with Crippen LogP contribution in [0.2, 0.25) is 0 Å². The summed E-state index contributed by atoms with van der Waals surface area (Å²) in [5.74, 6) is 0.116. The molecule has 0 aromatic heterocycles. The minimum absolute atomic E-state index is 0.184. The van der Waals surface area contributed by atoms with Gasteiger partial charge in [-0.2, -0.15) is 0 Å². The van der Waals surface area contributed by atoms with Crippen LogP contribution in [0, 0.1) is 0 Å². The average Bonchev–Trinajstić information content (AvgIpc) is 2.86. The number of carbonyl (C=O) groups excluding carboxylic acids is 1. The first kappa shape index (κ1) is 13.4. The number of piperidine rings is 1. The van der Waals surface area contributed by atoms with Crippen LogP contribution in [0.5, 0.6) is 5.75 Å². The molecule has 108 valence electrons. The van der Waals surface area contributed by atoms with E-state index in [0.717, 1.165) is 44.2 Å². The Hall–Kier alpha value is -1.55. The van der Waals surface area contributed by atoms with Crippen molar-refractivity contribution in [3.63, 3.8) is 0 Å². The van der Waals surface area contributed by atoms with Gasteiger partial charge in [0.2, 0.25) is 5.91 Å². The fourth-order valence-corrected chi connectivity index (χ4v) is 3.51. The third-order valence-electron chi connectivity index (χ3n) is 4.61. The molecule has 0 saturated carbocycles. The lowest BCUT2D eigenvalue weighted by atomic mass is 9.99. The summed E-state index contributed by atoms with van der Waals surface area (Å²) in [6.07, 6.45) is 6.32. The van der Waals surface area contributed by atoms with Gasteiger partial charge in [-0.1, -0.05) is 12.5 Å². The number of carbonyl (C=O) groups is 1. The zero-order chi connectivity index (χ0) is 14.1. The van der Waals surface area contributed by atoms with Gasteiger partial charge in [0.25, 0.3) is 0 Å². The van der Waals surface area contributed by atoms with Crippen LogP contribution in [-0.4, -0.2) is 28.5 Å². The molecule has 0 spiro atoms. The van der Waals surface area contributed by atoms with E-state index >= 15 is 0 Å². The normalized spacial score (nSPS) is 22.7. The topological polar surface area (TPSA) is 66.6 Å². The summed E-state index contributed by atoms with van der Waals surface area (Å²) >= 11 is 0. The van der Waals surface area contributed by atoms with Crippen molar-refractivity contribution in [3.8, 4) is 5.75 Å². The number of hydrogen-bond acceptors (Lipinski definition) is 3. The number of hydrogen-bond donors (Lipinski definition) is 2. The van der Waals surface area contributed by atoms with Crippen LogP contribution in [0.4, 0.5) is 0 Å². The van der Waals surface area contributed by atoms with Gasteiger partial charge in [-0.15, -0.1) is 0 Å². The second-order valence-electron chi connectivity index (χ2n) is 5.99. The Morgan fingerprint density at radius 2 is 2.00 bits per heavy atom. The van der Waals surface area contributed by atoms with Crippen LogP contribution >= 0.6 is 0 Å². The van der Waals surface area contributed by atoms with Crippen LogP contribution in [-0.2, 0) is 24.2 Å². The quantitative estimate of drug-likeness (QED) is 0.882. The van der Waals surface area contributed by atoms with Crippen LogP contribution in [0.3, 0.4) is 0 Å². The van der Waals surface area contributed by atoms with Gasteiger partial charge < -0.3 is 10.8 Å². The second-order valence-corrected chi connectivity index (χ2v) is 5.99. The van der Waals surface area contributed by atoms with E-state index in [9.17, 15) is 9.90 Å². The van der Waals surface area contributed by atoms with Crippen LogP contribution < -0.4 is 5.73 Å². The van der Waals surface area contributed by atoms with Gasteiger partial charge in [0.1, 0.15) is 5.75 Å². The van der Waals surface area contributed by atoms with Gasteiger partial charge in [-0.05, 0) is 55.8 Å². The lowest BCUT2D eigenvalue weighted by Crippen LogP contribution is -2.47. The van der Waals surface area contributed by atoms with E-state index in [1.165, 1.54) is 17.5 Å². The highest BCUT2D eigenvalue weighted by Crippen LogP contribution is 2.31. The maximum atomic E-state index is 11.5. The van der Waals surface area contributed by atoms with Crippen molar-refractivity contribution in [1.82, 2.24) is 4.90 Å². The SMILES string of the molecule is NC(=O)[C@@H]1CCCCN1Cc1cc2c(cc1O)CCC2. The number of fused-ring (bicyclic) bond motifs is 1. The molecule has 1 aromatic carbocycles. The highest BCUT2D eigenvalue weighted by molar-refractivity contribution is 5.79. The molecule has 0 radical (unpaired) electrons. The number of phenols is 1. The lowest BCUT2D eigenvalue weighted by Gasteiger charge is -2.33. The van der Waals surface area contributed by atoms with Crippen molar-refractivity contribution in [2.24, 2.45) is 5.73 Å². The third-order valence-corrected chi connectivity index (χ3v) is 4.61. The minimum atomic E-state index is -0.245. The number of aryl methyl sites for hydroxylation is 2. The number of nitrogens with zero attached hydrogens (tertiary/aromatic N) is 1. The summed E-state index contributed by atoms with van der Waals surface area (Å²) in [6.45, 7) is 1.50. The van der Waals surface area contributed by atoms with Crippen LogP contribution in [0.15, 0.2) is 12.1 Å². The van der Waals surface area contributed by atoms with Crippen molar-refractivity contribution in [2.75, 3.05) is 6.54 Å². The Balaban J connectivity index is 1.81. The number of benzene rings is 1. The molecule has 1 saturated heterocycles. The fraction of sp³-hybridized carbons (Fsp3) is 0.562. The molecule has 1 atom stereocenters. The highest BCUT2D eigenvalue weighted by atomic mass is 16.3. The molecule has 2 aliphatic rings. The summed E-state index contributed by atoms with van der Waals surface area (Å²) < 4.78 is 0. The maximum absolute atomic E-state index is 11.5. The van der Waals surface area contributed by atoms with Gasteiger partial charge in [-0.3, -0.25) is 9.69 Å². The predicted octanol–water partition coefficient (Wildman–Crippen LogP) is 1.72. The molecular weight excluding hydrogens is 252 g/mol. The standard InChI is InChI=1S/C16H22N2O2/c17-16(20)14-6-1-2-7-18(14)10-13-8-11-4-3-5-12(11)9-15(13)19/h8-9,14,19H,1-7,10H2,(H2,17,20)/t14-/m0/s1. The second kappa shape index (κ2) is 5.44. The van der Waals surface area contributed by atoms with E-state index in [0.29, 0.717) is 12.3 Å². The molecule has 1 aliphatic carbocycles. The van der Waals surface area contributed by atoms with E-state index in [1.807, 2.05) is 6.07 Å². The average molecular weight is 274 g/mol. The zero-order valence-corrected chi connectivity index (χ0v) is 11.8. The molecule has 4 heteroatoms. The number of phenolic OH excluding ortho intramolecular Hbond substituents is 1. The first-order valence-electron chi connectivity index (χ1n) is 7.52. The number of likely N-dealkylation sites (tertiary alicyclic amines) is 1. The highest BCUT2D eigenvalue weighted by Gasteiger charge is 2.27. The molecular formula is C16H22N2O2. The van der Waals surface area contributed by atoms with Crippen LogP contribution in [0.1, 0.15) is 42.4 Å². The number of rotatable bonds is 3. The fourth-order valence-electron chi connectivity index (χ4n) is 3.51. The lowest BCUT2D eigenvalue weighted by molar-refractivity contribution is -0.124. The van der Waals surface area contributed by atoms with Crippen LogP contribution in [0.25, 0.3) is 0 Å². The van der Waals surface area contributed by atoms with Crippen molar-refractivity contribution in [1.29, 1.82) is 0 Å². The first-order chi connectivity index (χ1) is 9.65. The molecule has 3 rings (SSSR count). The van der Waals surface area contributed by atoms with Gasteiger partial charge in [0.05, 0.1) is 6.04 Å². The largest absolute Gasteiger partial charge is 0.508 e. The summed E-state index contributed by atoms with van der Waals surface area (Å²) in [6, 6.07) is 3.84. The molecule has 0 bridgehead atoms. The molecule has 1 amide bonds. The van der Waals surface area contributed by atoms with Gasteiger partial charge >= 0.3 is 0 Å². The van der Waals surface area contributed by atoms with E-state index in [-0.39, 0.29) is 11.9 Å². The number of amides is 1. The molecule has 20 heavy (non-hydrogen) atoms. The molecule has 1 aromatic rings. The zero-order valence-electron chi connectivity index (χ0n) is 11.8. The number of nitrogens with two attached hydrogens (primary N) is 1. The number of primary amides is 1. The van der Waals surface area contributed by atoms with Crippen molar-refractivity contribution in [3.05, 3.63) is 28.8 Å². The number of aromatic hydroxyl groups is 1. The van der Waals surface area contributed by atoms with Gasteiger partial charge in [0.15, 0.2) is 0 Å². The monoisotopic (exact) mass is 274 g/mol. The third kappa shape index (κ3) is 2.52. The minimum Gasteiger partial charge on any atom is -0.508 e. The smallest absolute Gasteiger partial charge is 0.234 e. The van der Waals surface area contributed by atoms with E-state index in [1.54, 1.807) is 0 Å². The van der Waals surface area contributed by atoms with E-state index < -0.39 is 0 Å². The molecule has 1 heterocycles. The van der Waals surface area contributed by atoms with Crippen molar-refractivity contribution in [2.45, 2.75) is 51.1 Å². The van der Waals surface area contributed by atoms with E-state index in [4.69, 9.17) is 5.73 Å². The predicted molar refractivity (Wildman–Crippen MR) is 77.4 cm³/mol. The van der Waals surface area contributed by atoms with E-state index in [2.05, 4.69) is 11.0 Å². The van der Waals surface area contributed by atoms with Gasteiger partial charge in [-0.25, -0.2) is 0 Å². The summed E-state index contributed by atoms with van der Waals surface area (Å²) in [5.41, 5.74) is 9.05. The van der Waals surface area contributed by atoms with Crippen molar-refractivity contribution >= 4 is 5.91 Å². The summed E-state index contributed by atoms with van der Waals surface area (Å²) in [5, 5.41) is 10.2. The molecule has 3 N–H and O–H groups in total. The van der Waals surface area contributed by atoms with Crippen molar-refractivity contribution < 1.29 is 9.90 Å². The Morgan fingerprint density at radius 3 is 2.75 bits per heavy atom. The Morgan fingerprint density at radius 1 is 1.25 bits per heavy atom. The Labute approximate surface area is 119 Å². The summed E-state index contributed by atoms with van der Waals surface area (Å²) in [7, 11) is 0. The van der Waals surface area contributed by atoms with Gasteiger partial charge in [0, 0.05) is 12.1 Å². The maximum Gasteiger partial charge on any atom is 0.234 e.